The predicted molar refractivity (Wildman–Crippen MR) is 80.5 cm³/mol. The molecule has 0 unspecified atom stereocenters. The Labute approximate surface area is 123 Å². The molecule has 2 aromatic rings. The zero-order chi connectivity index (χ0) is 15.4. The van der Waals surface area contributed by atoms with E-state index in [9.17, 15) is 4.79 Å². The maximum atomic E-state index is 11.5. The SMILES string of the molecule is CC(=O)c1ccccc1OCCn1nnc(N)c1C(C)C. The van der Waals surface area contributed by atoms with Gasteiger partial charge in [-0.3, -0.25) is 4.79 Å². The van der Waals surface area contributed by atoms with E-state index in [0.717, 1.165) is 5.69 Å². The summed E-state index contributed by atoms with van der Waals surface area (Å²) in [6.45, 7) is 6.53. The molecule has 0 aliphatic rings. The average Bonchev–Trinajstić information content (AvgIpc) is 2.80. The maximum Gasteiger partial charge on any atom is 0.169 e. The van der Waals surface area contributed by atoms with E-state index in [0.29, 0.717) is 30.3 Å². The van der Waals surface area contributed by atoms with Crippen LogP contribution in [0, 0.1) is 0 Å². The number of anilines is 1. The molecule has 0 radical (unpaired) electrons. The second kappa shape index (κ2) is 6.39. The molecule has 6 heteroatoms. The number of benzene rings is 1. The highest BCUT2D eigenvalue weighted by molar-refractivity contribution is 5.96. The van der Waals surface area contributed by atoms with Gasteiger partial charge in [0.2, 0.25) is 0 Å². The largest absolute Gasteiger partial charge is 0.491 e. The predicted octanol–water partition coefficient (Wildman–Crippen LogP) is 2.27. The van der Waals surface area contributed by atoms with Crippen molar-refractivity contribution in [2.45, 2.75) is 33.2 Å². The fraction of sp³-hybridized carbons (Fsp3) is 0.400. The van der Waals surface area contributed by atoms with Crippen LogP contribution in [0.4, 0.5) is 5.82 Å². The number of ketones is 1. The summed E-state index contributed by atoms with van der Waals surface area (Å²) < 4.78 is 7.44. The average molecular weight is 288 g/mol. The van der Waals surface area contributed by atoms with Gasteiger partial charge >= 0.3 is 0 Å². The smallest absolute Gasteiger partial charge is 0.169 e. The van der Waals surface area contributed by atoms with E-state index >= 15 is 0 Å². The molecular weight excluding hydrogens is 268 g/mol. The second-order valence-corrected chi connectivity index (χ2v) is 5.14. The van der Waals surface area contributed by atoms with Crippen molar-refractivity contribution in [3.8, 4) is 5.75 Å². The lowest BCUT2D eigenvalue weighted by Gasteiger charge is -2.12. The number of Topliss-reactive ketones (excluding diaryl/α,β-unsaturated/α-hetero) is 1. The van der Waals surface area contributed by atoms with Crippen molar-refractivity contribution in [3.63, 3.8) is 0 Å². The van der Waals surface area contributed by atoms with Crippen molar-refractivity contribution in [2.24, 2.45) is 0 Å². The number of carbonyl (C=O) groups is 1. The van der Waals surface area contributed by atoms with E-state index in [-0.39, 0.29) is 11.7 Å². The third kappa shape index (κ3) is 3.39. The van der Waals surface area contributed by atoms with Gasteiger partial charge in [-0.25, -0.2) is 4.68 Å². The molecule has 6 nitrogen and oxygen atoms in total. The zero-order valence-corrected chi connectivity index (χ0v) is 12.5. The Morgan fingerprint density at radius 1 is 1.38 bits per heavy atom. The quantitative estimate of drug-likeness (QED) is 0.824. The number of ether oxygens (including phenoxy) is 1. The summed E-state index contributed by atoms with van der Waals surface area (Å²) in [5.41, 5.74) is 7.29. The highest BCUT2D eigenvalue weighted by atomic mass is 16.5. The lowest BCUT2D eigenvalue weighted by molar-refractivity contribution is 0.101. The molecular formula is C15H20N4O2. The van der Waals surface area contributed by atoms with E-state index in [1.165, 1.54) is 6.92 Å². The van der Waals surface area contributed by atoms with Crippen molar-refractivity contribution < 1.29 is 9.53 Å². The Morgan fingerprint density at radius 2 is 2.10 bits per heavy atom. The summed E-state index contributed by atoms with van der Waals surface area (Å²) in [4.78, 5) is 11.5. The van der Waals surface area contributed by atoms with Gasteiger partial charge in [-0.1, -0.05) is 31.2 Å². The van der Waals surface area contributed by atoms with Gasteiger partial charge in [0.05, 0.1) is 17.8 Å². The first kappa shape index (κ1) is 15.0. The van der Waals surface area contributed by atoms with Crippen LogP contribution in [0.5, 0.6) is 5.75 Å². The van der Waals surface area contributed by atoms with E-state index < -0.39 is 0 Å². The number of nitrogens with zero attached hydrogens (tertiary/aromatic N) is 3. The van der Waals surface area contributed by atoms with Crippen molar-refractivity contribution in [3.05, 3.63) is 35.5 Å². The summed E-state index contributed by atoms with van der Waals surface area (Å²) in [5.74, 6) is 1.27. The van der Waals surface area contributed by atoms with Crippen LogP contribution in [0.15, 0.2) is 24.3 Å². The highest BCUT2D eigenvalue weighted by Crippen LogP contribution is 2.20. The molecule has 2 N–H and O–H groups in total. The number of para-hydroxylation sites is 1. The lowest BCUT2D eigenvalue weighted by Crippen LogP contribution is -2.14. The molecule has 0 aliphatic carbocycles. The maximum absolute atomic E-state index is 11.5. The number of nitrogens with two attached hydrogens (primary N) is 1. The minimum absolute atomic E-state index is 0.0153. The first-order chi connectivity index (χ1) is 10.0. The first-order valence-electron chi connectivity index (χ1n) is 6.92. The molecule has 0 atom stereocenters. The van der Waals surface area contributed by atoms with Crippen LogP contribution in [0.1, 0.15) is 42.7 Å². The molecule has 0 amide bonds. The monoisotopic (exact) mass is 288 g/mol. The molecule has 112 valence electrons. The van der Waals surface area contributed by atoms with Gasteiger partial charge in [0, 0.05) is 0 Å². The standard InChI is InChI=1S/C15H20N4O2/c1-10(2)14-15(16)17-18-19(14)8-9-21-13-7-5-4-6-12(13)11(3)20/h4-7,10H,8-9,16H2,1-3H3. The van der Waals surface area contributed by atoms with Gasteiger partial charge in [0.15, 0.2) is 11.6 Å². The molecule has 0 saturated heterocycles. The van der Waals surface area contributed by atoms with Gasteiger partial charge in [0.1, 0.15) is 12.4 Å². The minimum atomic E-state index is -0.0153. The molecule has 0 saturated carbocycles. The number of carbonyl (C=O) groups excluding carboxylic acids is 1. The summed E-state index contributed by atoms with van der Waals surface area (Å²) in [6.07, 6.45) is 0. The topological polar surface area (TPSA) is 83.0 Å². The summed E-state index contributed by atoms with van der Waals surface area (Å²) in [7, 11) is 0. The van der Waals surface area contributed by atoms with Crippen LogP contribution in [0.2, 0.25) is 0 Å². The van der Waals surface area contributed by atoms with Crippen LogP contribution in [0.3, 0.4) is 0 Å². The lowest BCUT2D eigenvalue weighted by atomic mass is 10.1. The molecule has 1 aromatic carbocycles. The van der Waals surface area contributed by atoms with Crippen LogP contribution < -0.4 is 10.5 Å². The Hall–Kier alpha value is -2.37. The summed E-state index contributed by atoms with van der Waals surface area (Å²) in [6, 6.07) is 7.20. The Balaban J connectivity index is 2.04. The molecule has 1 heterocycles. The minimum Gasteiger partial charge on any atom is -0.491 e. The number of aromatic nitrogens is 3. The number of nitrogen functional groups attached to an aromatic ring is 1. The van der Waals surface area contributed by atoms with Crippen LogP contribution >= 0.6 is 0 Å². The highest BCUT2D eigenvalue weighted by Gasteiger charge is 2.14. The number of hydrogen-bond acceptors (Lipinski definition) is 5. The van der Waals surface area contributed by atoms with Crippen molar-refractivity contribution in [1.29, 1.82) is 0 Å². The van der Waals surface area contributed by atoms with E-state index in [1.54, 1.807) is 16.8 Å². The van der Waals surface area contributed by atoms with Crippen LogP contribution in [-0.2, 0) is 6.54 Å². The third-order valence-electron chi connectivity index (χ3n) is 3.17. The summed E-state index contributed by atoms with van der Waals surface area (Å²) >= 11 is 0. The number of hydrogen-bond donors (Lipinski definition) is 1. The molecule has 0 fully saturated rings. The fourth-order valence-corrected chi connectivity index (χ4v) is 2.22. The van der Waals surface area contributed by atoms with E-state index in [2.05, 4.69) is 10.3 Å². The van der Waals surface area contributed by atoms with Gasteiger partial charge in [0.25, 0.3) is 0 Å². The van der Waals surface area contributed by atoms with E-state index in [1.807, 2.05) is 26.0 Å². The molecule has 1 aromatic heterocycles. The normalized spacial score (nSPS) is 10.9. The van der Waals surface area contributed by atoms with Crippen molar-refractivity contribution in [1.82, 2.24) is 15.0 Å². The zero-order valence-electron chi connectivity index (χ0n) is 12.5. The Kier molecular flexibility index (Phi) is 4.57. The first-order valence-corrected chi connectivity index (χ1v) is 6.92. The van der Waals surface area contributed by atoms with Crippen molar-refractivity contribution in [2.75, 3.05) is 12.3 Å². The third-order valence-corrected chi connectivity index (χ3v) is 3.17. The molecule has 21 heavy (non-hydrogen) atoms. The molecule has 2 rings (SSSR count). The Morgan fingerprint density at radius 3 is 2.76 bits per heavy atom. The van der Waals surface area contributed by atoms with Crippen LogP contribution in [0.25, 0.3) is 0 Å². The molecule has 0 spiro atoms. The fourth-order valence-electron chi connectivity index (χ4n) is 2.22. The van der Waals surface area contributed by atoms with Gasteiger partial charge < -0.3 is 10.5 Å². The van der Waals surface area contributed by atoms with Gasteiger partial charge in [-0.2, -0.15) is 0 Å². The van der Waals surface area contributed by atoms with Crippen molar-refractivity contribution >= 4 is 11.6 Å². The van der Waals surface area contributed by atoms with Crippen LogP contribution in [-0.4, -0.2) is 27.4 Å². The van der Waals surface area contributed by atoms with Gasteiger partial charge in [-0.05, 0) is 25.0 Å². The molecule has 0 aliphatic heterocycles. The number of rotatable bonds is 6. The summed E-state index contributed by atoms with van der Waals surface area (Å²) in [5, 5.41) is 7.91. The van der Waals surface area contributed by atoms with E-state index in [4.69, 9.17) is 10.5 Å². The molecule has 0 bridgehead atoms. The van der Waals surface area contributed by atoms with Gasteiger partial charge in [-0.15, -0.1) is 5.10 Å². The second-order valence-electron chi connectivity index (χ2n) is 5.14. The Bertz CT molecular complexity index is 634.